The van der Waals surface area contributed by atoms with Crippen molar-refractivity contribution in [2.45, 2.75) is 43.5 Å². The molecule has 0 saturated heterocycles. The van der Waals surface area contributed by atoms with Crippen molar-refractivity contribution in [2.24, 2.45) is 0 Å². The van der Waals surface area contributed by atoms with E-state index in [9.17, 15) is 5.11 Å². The molecule has 2 aliphatic rings. The SMILES string of the molecule is [B]C1OC2(C(C)OI)C(O)=C1OC2([B])CC. The van der Waals surface area contributed by atoms with Crippen LogP contribution in [0.2, 0.25) is 0 Å². The van der Waals surface area contributed by atoms with Crippen molar-refractivity contribution >= 4 is 38.7 Å². The Labute approximate surface area is 111 Å². The van der Waals surface area contributed by atoms with Gasteiger partial charge in [0.1, 0.15) is 50.3 Å². The summed E-state index contributed by atoms with van der Waals surface area (Å²) in [7, 11) is 11.8. The van der Waals surface area contributed by atoms with E-state index in [2.05, 4.69) is 0 Å². The Morgan fingerprint density at radius 3 is 2.75 bits per heavy atom. The molecule has 4 radical (unpaired) electrons. The summed E-state index contributed by atoms with van der Waals surface area (Å²) in [4.78, 5) is 0. The number of aliphatic hydroxyl groups is 1. The highest BCUT2D eigenvalue weighted by molar-refractivity contribution is 14.1. The molecule has 2 heterocycles. The highest BCUT2D eigenvalue weighted by atomic mass is 127. The van der Waals surface area contributed by atoms with Gasteiger partial charge < -0.3 is 17.6 Å². The van der Waals surface area contributed by atoms with E-state index in [1.54, 1.807) is 29.9 Å². The Kier molecular flexibility index (Phi) is 3.00. The van der Waals surface area contributed by atoms with Crippen LogP contribution in [0.4, 0.5) is 0 Å². The van der Waals surface area contributed by atoms with Crippen molar-refractivity contribution < 1.29 is 17.6 Å². The number of ether oxygens (including phenoxy) is 2. The first-order chi connectivity index (χ1) is 7.43. The van der Waals surface area contributed by atoms with Crippen LogP contribution in [0.25, 0.3) is 0 Å². The molecule has 84 valence electrons. The van der Waals surface area contributed by atoms with Crippen LogP contribution in [0.1, 0.15) is 20.3 Å². The summed E-state index contributed by atoms with van der Waals surface area (Å²) in [5, 5.41) is 10.1. The van der Waals surface area contributed by atoms with Crippen molar-refractivity contribution in [3.63, 3.8) is 0 Å². The second kappa shape index (κ2) is 3.81. The van der Waals surface area contributed by atoms with Gasteiger partial charge in [0.25, 0.3) is 0 Å². The summed E-state index contributed by atoms with van der Waals surface area (Å²) in [5.41, 5.74) is -2.34. The Hall–Kier alpha value is 0.120. The fraction of sp³-hybridized carbons (Fsp3) is 0.778. The molecular formula is C9H11B2IO4. The molecule has 4 atom stereocenters. The molecule has 0 aromatic rings. The minimum Gasteiger partial charge on any atom is -0.506 e. The third-order valence-corrected chi connectivity index (χ3v) is 4.07. The maximum atomic E-state index is 10.1. The molecule has 0 aliphatic carbocycles. The molecule has 2 bridgehead atoms. The predicted octanol–water partition coefficient (Wildman–Crippen LogP) is 1.08. The number of halogens is 1. The second-order valence-electron chi connectivity index (χ2n) is 4.06. The van der Waals surface area contributed by atoms with Crippen LogP contribution in [0.5, 0.6) is 0 Å². The van der Waals surface area contributed by atoms with E-state index in [0.717, 1.165) is 0 Å². The molecule has 1 N–H and O–H groups in total. The standard InChI is InChI=1S/C9H11B2IO4/c1-3-8(11)9(4(2)16-12)6(13)5(14-8)7(10)15-9/h4,7,13H,3H2,1-2H3. The smallest absolute Gasteiger partial charge is 0.185 e. The first-order valence-electron chi connectivity index (χ1n) is 5.05. The number of aliphatic hydroxyl groups excluding tert-OH is 1. The molecule has 2 rings (SSSR count). The largest absolute Gasteiger partial charge is 0.506 e. The molecule has 2 aliphatic heterocycles. The highest BCUT2D eigenvalue weighted by Crippen LogP contribution is 2.54. The number of rotatable bonds is 3. The van der Waals surface area contributed by atoms with Crippen LogP contribution in [-0.2, 0) is 12.5 Å². The molecule has 4 unspecified atom stereocenters. The van der Waals surface area contributed by atoms with Gasteiger partial charge in [0.05, 0.1) is 6.00 Å². The predicted molar refractivity (Wildman–Crippen MR) is 67.4 cm³/mol. The first kappa shape index (κ1) is 12.6. The minimum absolute atomic E-state index is 0.0477. The normalized spacial score (nSPS) is 43.6. The summed E-state index contributed by atoms with van der Waals surface area (Å²) in [6, 6.07) is -0.780. The zero-order valence-electron chi connectivity index (χ0n) is 9.07. The summed E-state index contributed by atoms with van der Waals surface area (Å²) in [6.07, 6.45) is 0.00144. The monoisotopic (exact) mass is 332 g/mol. The second-order valence-corrected chi connectivity index (χ2v) is 4.57. The Morgan fingerprint density at radius 1 is 1.69 bits per heavy atom. The summed E-state index contributed by atoms with van der Waals surface area (Å²) >= 11 is 1.74. The molecule has 4 nitrogen and oxygen atoms in total. The van der Waals surface area contributed by atoms with Crippen LogP contribution in [-0.4, -0.2) is 44.0 Å². The van der Waals surface area contributed by atoms with E-state index in [1.165, 1.54) is 0 Å². The molecular weight excluding hydrogens is 321 g/mol. The summed E-state index contributed by atoms with van der Waals surface area (Å²) in [6.45, 7) is 3.61. The van der Waals surface area contributed by atoms with Crippen molar-refractivity contribution in [2.75, 3.05) is 0 Å². The van der Waals surface area contributed by atoms with Gasteiger partial charge in [0.2, 0.25) is 0 Å². The fourth-order valence-electron chi connectivity index (χ4n) is 2.34. The van der Waals surface area contributed by atoms with E-state index in [-0.39, 0.29) is 11.5 Å². The molecule has 0 amide bonds. The maximum Gasteiger partial charge on any atom is 0.185 e. The minimum atomic E-state index is -1.21. The molecule has 0 saturated carbocycles. The Balaban J connectivity index is 2.48. The summed E-state index contributed by atoms with van der Waals surface area (Å²) < 4.78 is 16.3. The van der Waals surface area contributed by atoms with E-state index in [0.29, 0.717) is 6.42 Å². The molecule has 0 aromatic carbocycles. The topological polar surface area (TPSA) is 47.9 Å². The maximum absolute atomic E-state index is 10.1. The van der Waals surface area contributed by atoms with Gasteiger partial charge in [-0.1, -0.05) is 6.92 Å². The van der Waals surface area contributed by atoms with Gasteiger partial charge in [0, 0.05) is 0 Å². The zero-order chi connectivity index (χ0) is 12.1. The third-order valence-electron chi connectivity index (χ3n) is 3.31. The molecule has 7 heteroatoms. The van der Waals surface area contributed by atoms with Gasteiger partial charge in [-0.2, -0.15) is 0 Å². The quantitative estimate of drug-likeness (QED) is 0.621. The van der Waals surface area contributed by atoms with Gasteiger partial charge in [-0.25, -0.2) is 0 Å². The lowest BCUT2D eigenvalue weighted by Crippen LogP contribution is -2.63. The lowest BCUT2D eigenvalue weighted by Gasteiger charge is -2.47. The van der Waals surface area contributed by atoms with Crippen molar-refractivity contribution in [3.8, 4) is 0 Å². The third kappa shape index (κ3) is 1.25. The van der Waals surface area contributed by atoms with Crippen LogP contribution in [0.3, 0.4) is 0 Å². The van der Waals surface area contributed by atoms with Gasteiger partial charge in [-0.15, -0.1) is 0 Å². The van der Waals surface area contributed by atoms with E-state index >= 15 is 0 Å². The van der Waals surface area contributed by atoms with E-state index in [1.807, 2.05) is 6.92 Å². The number of hydrogen-bond acceptors (Lipinski definition) is 4. The first-order valence-corrected chi connectivity index (χ1v) is 5.93. The number of hydrogen-bond donors (Lipinski definition) is 1. The lowest BCUT2D eigenvalue weighted by molar-refractivity contribution is -0.190. The van der Waals surface area contributed by atoms with Crippen LogP contribution in [0.15, 0.2) is 11.5 Å². The van der Waals surface area contributed by atoms with Crippen molar-refractivity contribution in [1.29, 1.82) is 0 Å². The van der Waals surface area contributed by atoms with Crippen LogP contribution < -0.4 is 0 Å². The molecule has 0 aromatic heterocycles. The zero-order valence-corrected chi connectivity index (χ0v) is 11.2. The molecule has 0 fully saturated rings. The molecule has 16 heavy (non-hydrogen) atoms. The highest BCUT2D eigenvalue weighted by Gasteiger charge is 2.68. The van der Waals surface area contributed by atoms with Crippen LogP contribution in [0, 0.1) is 0 Å². The summed E-state index contributed by atoms with van der Waals surface area (Å²) in [5.74, 6) is 0.165. The van der Waals surface area contributed by atoms with E-state index < -0.39 is 23.2 Å². The number of fused-ring (bicyclic) bond motifs is 1. The Bertz CT molecular complexity index is 350. The van der Waals surface area contributed by atoms with Crippen LogP contribution >= 0.6 is 23.0 Å². The van der Waals surface area contributed by atoms with Crippen molar-refractivity contribution in [3.05, 3.63) is 11.5 Å². The van der Waals surface area contributed by atoms with Gasteiger partial charge >= 0.3 is 0 Å². The lowest BCUT2D eigenvalue weighted by atomic mass is 9.64. The van der Waals surface area contributed by atoms with E-state index in [4.69, 9.17) is 28.2 Å². The van der Waals surface area contributed by atoms with Gasteiger partial charge in [-0.3, -0.25) is 0 Å². The van der Waals surface area contributed by atoms with Crippen molar-refractivity contribution in [1.82, 2.24) is 0 Å². The van der Waals surface area contributed by atoms with Gasteiger partial charge in [-0.05, 0) is 13.3 Å². The average Bonchev–Trinajstić information content (AvgIpc) is 2.65. The Morgan fingerprint density at radius 2 is 2.31 bits per heavy atom. The van der Waals surface area contributed by atoms with Gasteiger partial charge in [0.15, 0.2) is 17.1 Å². The average molecular weight is 332 g/mol. The fourth-order valence-corrected chi connectivity index (χ4v) is 2.69. The molecule has 0 spiro atoms.